The van der Waals surface area contributed by atoms with E-state index in [1.165, 1.54) is 141 Å². The Hall–Kier alpha value is -3.33. The van der Waals surface area contributed by atoms with Crippen LogP contribution in [0, 0.1) is 0 Å². The molecule has 77 heavy (non-hydrogen) atoms. The minimum Gasteiger partial charge on any atom is -0.462 e. The summed E-state index contributed by atoms with van der Waals surface area (Å²) in [4.78, 5) is 35.3. The van der Waals surface area contributed by atoms with Crippen LogP contribution in [-0.2, 0) is 32.7 Å². The van der Waals surface area contributed by atoms with Gasteiger partial charge < -0.3 is 20.1 Å². The van der Waals surface area contributed by atoms with Gasteiger partial charge in [0.1, 0.15) is 6.61 Å². The molecule has 0 fully saturated rings. The lowest BCUT2D eigenvalue weighted by atomic mass is 10.0. The average molecular weight is 1090 g/mol. The van der Waals surface area contributed by atoms with E-state index in [4.69, 9.17) is 24.3 Å². The van der Waals surface area contributed by atoms with Gasteiger partial charge in [-0.25, -0.2) is 4.57 Å². The van der Waals surface area contributed by atoms with Crippen LogP contribution < -0.4 is 5.73 Å². The molecule has 0 heterocycles. The van der Waals surface area contributed by atoms with E-state index in [1.54, 1.807) is 0 Å². The minimum absolute atomic E-state index is 0.0474. The van der Waals surface area contributed by atoms with Gasteiger partial charge in [-0.2, -0.15) is 0 Å². The molecule has 0 radical (unpaired) electrons. The quantitative estimate of drug-likeness (QED) is 0.0264. The molecule has 0 aromatic heterocycles. The zero-order valence-electron chi connectivity index (χ0n) is 49.4. The third-order valence-corrected chi connectivity index (χ3v) is 14.1. The number of esters is 2. The molecule has 2 unspecified atom stereocenters. The van der Waals surface area contributed by atoms with E-state index in [2.05, 4.69) is 123 Å². The highest BCUT2D eigenvalue weighted by molar-refractivity contribution is 7.47. The van der Waals surface area contributed by atoms with Gasteiger partial charge in [-0.05, 0) is 103 Å². The summed E-state index contributed by atoms with van der Waals surface area (Å²) in [6.07, 6.45) is 84.3. The number of phosphoric ester groups is 1. The monoisotopic (exact) mass is 1090 g/mol. The van der Waals surface area contributed by atoms with E-state index in [0.29, 0.717) is 6.42 Å². The van der Waals surface area contributed by atoms with E-state index in [0.717, 1.165) is 96.3 Å². The summed E-state index contributed by atoms with van der Waals surface area (Å²) in [5.41, 5.74) is 5.39. The van der Waals surface area contributed by atoms with Crippen LogP contribution in [0.15, 0.2) is 109 Å². The molecule has 0 amide bonds. The van der Waals surface area contributed by atoms with Crippen molar-refractivity contribution in [3.05, 3.63) is 109 Å². The van der Waals surface area contributed by atoms with E-state index in [9.17, 15) is 19.0 Å². The van der Waals surface area contributed by atoms with Crippen molar-refractivity contribution in [3.63, 3.8) is 0 Å². The molecular formula is C67H116NO8P. The number of nitrogens with two attached hydrogens (primary N) is 1. The van der Waals surface area contributed by atoms with Crippen molar-refractivity contribution >= 4 is 19.8 Å². The number of carbonyl (C=O) groups is 2. The van der Waals surface area contributed by atoms with Crippen LogP contribution in [0.3, 0.4) is 0 Å². The first-order chi connectivity index (χ1) is 37.8. The number of rotatable bonds is 58. The maximum atomic E-state index is 12.7. The summed E-state index contributed by atoms with van der Waals surface area (Å²) in [6, 6.07) is 0. The van der Waals surface area contributed by atoms with Gasteiger partial charge in [0.2, 0.25) is 0 Å². The first kappa shape index (κ1) is 73.7. The highest BCUT2D eigenvalue weighted by Crippen LogP contribution is 2.43. The van der Waals surface area contributed by atoms with Gasteiger partial charge in [0, 0.05) is 19.4 Å². The number of hydrogen-bond acceptors (Lipinski definition) is 8. The van der Waals surface area contributed by atoms with Crippen LogP contribution in [-0.4, -0.2) is 49.3 Å². The van der Waals surface area contributed by atoms with E-state index in [1.807, 2.05) is 0 Å². The predicted molar refractivity (Wildman–Crippen MR) is 330 cm³/mol. The minimum atomic E-state index is -4.40. The maximum Gasteiger partial charge on any atom is 0.472 e. The third-order valence-electron chi connectivity index (χ3n) is 13.1. The van der Waals surface area contributed by atoms with Gasteiger partial charge >= 0.3 is 19.8 Å². The smallest absolute Gasteiger partial charge is 0.462 e. The Bertz CT molecular complexity index is 1630. The topological polar surface area (TPSA) is 134 Å². The number of unbranched alkanes of at least 4 members (excludes halogenated alkanes) is 27. The fraction of sp³-hybridized carbons (Fsp3) is 0.701. The van der Waals surface area contributed by atoms with Crippen LogP contribution in [0.25, 0.3) is 0 Å². The summed E-state index contributed by atoms with van der Waals surface area (Å²) in [7, 11) is -4.40. The van der Waals surface area contributed by atoms with Gasteiger partial charge in [0.15, 0.2) is 6.10 Å². The van der Waals surface area contributed by atoms with E-state index in [-0.39, 0.29) is 38.6 Å². The van der Waals surface area contributed by atoms with Crippen molar-refractivity contribution in [1.29, 1.82) is 0 Å². The van der Waals surface area contributed by atoms with Crippen LogP contribution in [0.5, 0.6) is 0 Å². The molecule has 0 rings (SSSR count). The Morgan fingerprint density at radius 3 is 1.08 bits per heavy atom. The Morgan fingerprint density at radius 2 is 0.714 bits per heavy atom. The third kappa shape index (κ3) is 61.7. The summed E-state index contributed by atoms with van der Waals surface area (Å²) in [6.45, 7) is 3.63. The van der Waals surface area contributed by atoms with Crippen LogP contribution in [0.1, 0.15) is 271 Å². The van der Waals surface area contributed by atoms with Gasteiger partial charge in [-0.15, -0.1) is 0 Å². The number of ether oxygens (including phenoxy) is 2. The Labute approximate surface area is 473 Å². The molecule has 0 saturated carbocycles. The first-order valence-corrected chi connectivity index (χ1v) is 32.9. The SMILES string of the molecule is CC/C=C\C/C=C\C/C=C\C/C=C\C/C=C\C/C=C\C/C=C\C/C=C\CCCCCCCCCCC(=O)OC(COC(=O)CCCCCCCCCCCCC/C=C\CCCCCCCCCC)COP(=O)(O)OCCN. The molecule has 3 N–H and O–H groups in total. The molecule has 2 atom stereocenters. The largest absolute Gasteiger partial charge is 0.472 e. The Balaban J connectivity index is 4.00. The van der Waals surface area contributed by atoms with Crippen molar-refractivity contribution in [3.8, 4) is 0 Å². The lowest BCUT2D eigenvalue weighted by Gasteiger charge is -2.19. The van der Waals surface area contributed by atoms with Crippen LogP contribution in [0.4, 0.5) is 0 Å². The van der Waals surface area contributed by atoms with Crippen molar-refractivity contribution in [2.45, 2.75) is 277 Å². The molecule has 442 valence electrons. The van der Waals surface area contributed by atoms with Gasteiger partial charge in [-0.3, -0.25) is 18.6 Å². The molecule has 0 aliphatic heterocycles. The fourth-order valence-electron chi connectivity index (χ4n) is 8.53. The van der Waals surface area contributed by atoms with Crippen LogP contribution in [0.2, 0.25) is 0 Å². The van der Waals surface area contributed by atoms with Gasteiger partial charge in [0.05, 0.1) is 13.2 Å². The average Bonchev–Trinajstić information content (AvgIpc) is 3.42. The molecule has 10 heteroatoms. The molecule has 0 aliphatic carbocycles. The fourth-order valence-corrected chi connectivity index (χ4v) is 9.30. The second-order valence-corrected chi connectivity index (χ2v) is 22.0. The lowest BCUT2D eigenvalue weighted by Crippen LogP contribution is -2.29. The van der Waals surface area contributed by atoms with E-state index >= 15 is 0 Å². The molecule has 0 bridgehead atoms. The number of phosphoric acid groups is 1. The molecular weight excluding hydrogens is 978 g/mol. The number of hydrogen-bond donors (Lipinski definition) is 2. The van der Waals surface area contributed by atoms with Gasteiger partial charge in [-0.1, -0.05) is 264 Å². The standard InChI is InChI=1S/C67H116NO8P/c1-3-5-7-9-11-13-15-17-19-21-23-25-27-28-29-30-31-32-33-34-35-36-38-40-42-44-46-48-50-52-54-56-58-60-67(70)76-65(64-75-77(71,72)74-62-61-68)63-73-66(69)59-57-55-53-51-49-47-45-43-41-39-37-26-24-22-20-18-16-14-12-10-8-6-4-2/h5,7,11,13,17,19,22-25,28-29,31-32,34-35,38,40,65H,3-4,6,8-10,12,14-16,18,20-21,26-27,30,33,36-37,39,41-64,68H2,1-2H3,(H,71,72)/b7-5-,13-11-,19-17-,24-22-,25-23-,29-28-,32-31-,35-34-,40-38-. The first-order valence-electron chi connectivity index (χ1n) is 31.4. The lowest BCUT2D eigenvalue weighted by molar-refractivity contribution is -0.161. The van der Waals surface area contributed by atoms with Crippen molar-refractivity contribution in [2.24, 2.45) is 5.73 Å². The summed E-state index contributed by atoms with van der Waals surface area (Å²) < 4.78 is 33.1. The van der Waals surface area contributed by atoms with Crippen LogP contribution >= 0.6 is 7.82 Å². The normalized spacial score (nSPS) is 13.8. The second-order valence-electron chi connectivity index (χ2n) is 20.5. The number of carbonyl (C=O) groups excluding carboxylic acids is 2. The second kappa shape index (κ2) is 61.9. The molecule has 9 nitrogen and oxygen atoms in total. The molecule has 0 aromatic rings. The Kier molecular flexibility index (Phi) is 59.2. The summed E-state index contributed by atoms with van der Waals surface area (Å²) in [5, 5.41) is 0. The summed E-state index contributed by atoms with van der Waals surface area (Å²) >= 11 is 0. The van der Waals surface area contributed by atoms with Crippen molar-refractivity contribution < 1.29 is 37.6 Å². The predicted octanol–water partition coefficient (Wildman–Crippen LogP) is 20.2. The van der Waals surface area contributed by atoms with Crippen molar-refractivity contribution in [2.75, 3.05) is 26.4 Å². The highest BCUT2D eigenvalue weighted by atomic mass is 31.2. The Morgan fingerprint density at radius 1 is 0.403 bits per heavy atom. The zero-order chi connectivity index (χ0) is 55.9. The van der Waals surface area contributed by atoms with Crippen molar-refractivity contribution in [1.82, 2.24) is 0 Å². The zero-order valence-corrected chi connectivity index (χ0v) is 50.3. The van der Waals surface area contributed by atoms with E-state index < -0.39 is 26.5 Å². The molecule has 0 aromatic carbocycles. The molecule has 0 aliphatic rings. The van der Waals surface area contributed by atoms with Gasteiger partial charge in [0.25, 0.3) is 0 Å². The number of allylic oxidation sites excluding steroid dienone is 18. The highest BCUT2D eigenvalue weighted by Gasteiger charge is 2.26. The maximum absolute atomic E-state index is 12.7. The summed E-state index contributed by atoms with van der Waals surface area (Å²) in [5.74, 6) is -0.837. The molecule has 0 saturated heterocycles. The molecule has 0 spiro atoms.